The summed E-state index contributed by atoms with van der Waals surface area (Å²) in [5, 5.41) is 3.48. The van der Waals surface area contributed by atoms with Gasteiger partial charge >= 0.3 is 0 Å². The number of anilines is 1. The third-order valence-electron chi connectivity index (χ3n) is 4.27. The Morgan fingerprint density at radius 3 is 2.62 bits per heavy atom. The van der Waals surface area contributed by atoms with Gasteiger partial charge < -0.3 is 15.1 Å². The molecule has 1 aliphatic heterocycles. The predicted octanol–water partition coefficient (Wildman–Crippen LogP) is 2.42. The third kappa shape index (κ3) is 4.68. The molecule has 1 aliphatic rings. The number of aryl methyl sites for hydroxylation is 1. The maximum atomic E-state index is 4.74. The molecule has 0 radical (unpaired) electrons. The van der Waals surface area contributed by atoms with Gasteiger partial charge in [0, 0.05) is 31.4 Å². The third-order valence-corrected chi connectivity index (χ3v) is 4.27. The molecule has 0 aromatic carbocycles. The second kappa shape index (κ2) is 7.76. The summed E-state index contributed by atoms with van der Waals surface area (Å²) in [7, 11) is 4.37. The highest BCUT2D eigenvalue weighted by molar-refractivity contribution is 5.43. The van der Waals surface area contributed by atoms with Gasteiger partial charge in [0.15, 0.2) is 0 Å². The quantitative estimate of drug-likeness (QED) is 0.815. The average molecular weight is 290 g/mol. The van der Waals surface area contributed by atoms with Gasteiger partial charge in [0.25, 0.3) is 0 Å². The lowest BCUT2D eigenvalue weighted by atomic mass is 10.0. The van der Waals surface area contributed by atoms with Crippen LogP contribution in [0.15, 0.2) is 12.1 Å². The number of piperidine rings is 1. The van der Waals surface area contributed by atoms with E-state index in [0.717, 1.165) is 43.7 Å². The van der Waals surface area contributed by atoms with Gasteiger partial charge in [0.2, 0.25) is 0 Å². The molecule has 2 rings (SSSR count). The van der Waals surface area contributed by atoms with E-state index < -0.39 is 0 Å². The zero-order valence-corrected chi connectivity index (χ0v) is 14.0. The van der Waals surface area contributed by atoms with Crippen LogP contribution in [0, 0.1) is 6.92 Å². The Bertz CT molecular complexity index is 436. The molecule has 1 aromatic rings. The van der Waals surface area contributed by atoms with Crippen molar-refractivity contribution in [3.05, 3.63) is 23.4 Å². The van der Waals surface area contributed by atoms with Crippen LogP contribution in [0.5, 0.6) is 0 Å². The smallest absolute Gasteiger partial charge is 0.129 e. The number of rotatable bonds is 6. The molecule has 1 aromatic heterocycles. The van der Waals surface area contributed by atoms with Crippen LogP contribution in [0.3, 0.4) is 0 Å². The standard InChI is InChI=1S/C17H30N4/c1-5-8-18-13-15-11-14(2)19-17(12-15)21-9-6-16(7-10-21)20(3)4/h11-12,16,18H,5-10,13H2,1-4H3. The van der Waals surface area contributed by atoms with Crippen molar-refractivity contribution in [2.24, 2.45) is 0 Å². The highest BCUT2D eigenvalue weighted by atomic mass is 15.2. The van der Waals surface area contributed by atoms with E-state index in [2.05, 4.69) is 55.2 Å². The summed E-state index contributed by atoms with van der Waals surface area (Å²) < 4.78 is 0. The molecule has 0 spiro atoms. The van der Waals surface area contributed by atoms with Crippen LogP contribution in [0.4, 0.5) is 5.82 Å². The Labute approximate surface area is 129 Å². The second-order valence-electron chi connectivity index (χ2n) is 6.33. The van der Waals surface area contributed by atoms with Crippen molar-refractivity contribution in [3.63, 3.8) is 0 Å². The molecule has 0 unspecified atom stereocenters. The summed E-state index contributed by atoms with van der Waals surface area (Å²) >= 11 is 0. The Morgan fingerprint density at radius 1 is 1.29 bits per heavy atom. The van der Waals surface area contributed by atoms with E-state index in [1.54, 1.807) is 0 Å². The van der Waals surface area contributed by atoms with Gasteiger partial charge in [0.05, 0.1) is 0 Å². The van der Waals surface area contributed by atoms with E-state index in [-0.39, 0.29) is 0 Å². The fourth-order valence-corrected chi connectivity index (χ4v) is 3.01. The Balaban J connectivity index is 1.99. The van der Waals surface area contributed by atoms with Gasteiger partial charge in [-0.2, -0.15) is 0 Å². The molecule has 118 valence electrons. The first-order chi connectivity index (χ1) is 10.1. The molecule has 1 fully saturated rings. The van der Waals surface area contributed by atoms with E-state index in [4.69, 9.17) is 4.98 Å². The lowest BCUT2D eigenvalue weighted by Gasteiger charge is -2.36. The SMILES string of the molecule is CCCNCc1cc(C)nc(N2CCC(N(C)C)CC2)c1. The van der Waals surface area contributed by atoms with E-state index in [0.29, 0.717) is 0 Å². The zero-order valence-electron chi connectivity index (χ0n) is 14.0. The van der Waals surface area contributed by atoms with Gasteiger partial charge in [-0.25, -0.2) is 4.98 Å². The molecule has 0 atom stereocenters. The van der Waals surface area contributed by atoms with E-state index in [1.165, 1.54) is 24.8 Å². The van der Waals surface area contributed by atoms with Crippen molar-refractivity contribution in [2.75, 3.05) is 38.6 Å². The first-order valence-electron chi connectivity index (χ1n) is 8.19. The lowest BCUT2D eigenvalue weighted by molar-refractivity contribution is 0.249. The van der Waals surface area contributed by atoms with Crippen LogP contribution >= 0.6 is 0 Å². The largest absolute Gasteiger partial charge is 0.356 e. The van der Waals surface area contributed by atoms with Crippen molar-refractivity contribution < 1.29 is 0 Å². The minimum atomic E-state index is 0.719. The normalized spacial score (nSPS) is 16.7. The maximum absolute atomic E-state index is 4.74. The van der Waals surface area contributed by atoms with Crippen LogP contribution in [-0.4, -0.2) is 49.7 Å². The van der Waals surface area contributed by atoms with Crippen LogP contribution < -0.4 is 10.2 Å². The average Bonchev–Trinajstić information content (AvgIpc) is 2.47. The maximum Gasteiger partial charge on any atom is 0.129 e. The molecule has 0 saturated carbocycles. The van der Waals surface area contributed by atoms with Crippen LogP contribution in [0.25, 0.3) is 0 Å². The number of pyridine rings is 1. The molecule has 0 amide bonds. The predicted molar refractivity (Wildman–Crippen MR) is 89.9 cm³/mol. The van der Waals surface area contributed by atoms with Gasteiger partial charge in [-0.15, -0.1) is 0 Å². The van der Waals surface area contributed by atoms with Crippen LogP contribution in [0.1, 0.15) is 37.4 Å². The first-order valence-corrected chi connectivity index (χ1v) is 8.19. The summed E-state index contributed by atoms with van der Waals surface area (Å²) in [5.74, 6) is 1.15. The molecule has 1 N–H and O–H groups in total. The molecular formula is C17H30N4. The molecular weight excluding hydrogens is 260 g/mol. The molecule has 0 aliphatic carbocycles. The number of hydrogen-bond acceptors (Lipinski definition) is 4. The fraction of sp³-hybridized carbons (Fsp3) is 0.706. The highest BCUT2D eigenvalue weighted by Crippen LogP contribution is 2.21. The number of nitrogens with zero attached hydrogens (tertiary/aromatic N) is 3. The summed E-state index contributed by atoms with van der Waals surface area (Å²) in [6, 6.07) is 5.17. The molecule has 21 heavy (non-hydrogen) atoms. The van der Waals surface area contributed by atoms with Crippen molar-refractivity contribution >= 4 is 5.82 Å². The van der Waals surface area contributed by atoms with Gasteiger partial charge in [0.1, 0.15) is 5.82 Å². The molecule has 2 heterocycles. The minimum Gasteiger partial charge on any atom is -0.356 e. The Kier molecular flexibility index (Phi) is 6.00. The van der Waals surface area contributed by atoms with E-state index >= 15 is 0 Å². The molecule has 4 heteroatoms. The monoisotopic (exact) mass is 290 g/mol. The van der Waals surface area contributed by atoms with Crippen molar-refractivity contribution in [1.82, 2.24) is 15.2 Å². The van der Waals surface area contributed by atoms with E-state index in [9.17, 15) is 0 Å². The van der Waals surface area contributed by atoms with Crippen molar-refractivity contribution in [3.8, 4) is 0 Å². The zero-order chi connectivity index (χ0) is 15.2. The number of aromatic nitrogens is 1. The summed E-state index contributed by atoms with van der Waals surface area (Å²) in [4.78, 5) is 9.53. The molecule has 4 nitrogen and oxygen atoms in total. The summed E-state index contributed by atoms with van der Waals surface area (Å²) in [5.41, 5.74) is 2.47. The molecule has 1 saturated heterocycles. The Morgan fingerprint density at radius 2 is 2.00 bits per heavy atom. The first kappa shape index (κ1) is 16.2. The fourth-order valence-electron chi connectivity index (χ4n) is 3.01. The number of hydrogen-bond donors (Lipinski definition) is 1. The topological polar surface area (TPSA) is 31.4 Å². The van der Waals surface area contributed by atoms with Gasteiger partial charge in [-0.1, -0.05) is 6.92 Å². The van der Waals surface area contributed by atoms with Gasteiger partial charge in [-0.3, -0.25) is 0 Å². The molecule has 0 bridgehead atoms. The second-order valence-corrected chi connectivity index (χ2v) is 6.33. The Hall–Kier alpha value is -1.13. The number of nitrogens with one attached hydrogen (secondary N) is 1. The van der Waals surface area contributed by atoms with Crippen LogP contribution in [-0.2, 0) is 6.54 Å². The summed E-state index contributed by atoms with van der Waals surface area (Å²) in [6.07, 6.45) is 3.63. The van der Waals surface area contributed by atoms with E-state index in [1.807, 2.05) is 0 Å². The highest BCUT2D eigenvalue weighted by Gasteiger charge is 2.21. The van der Waals surface area contributed by atoms with Crippen molar-refractivity contribution in [1.29, 1.82) is 0 Å². The van der Waals surface area contributed by atoms with Crippen molar-refractivity contribution in [2.45, 2.75) is 45.7 Å². The van der Waals surface area contributed by atoms with Gasteiger partial charge in [-0.05, 0) is 64.5 Å². The minimum absolute atomic E-state index is 0.719. The lowest BCUT2D eigenvalue weighted by Crippen LogP contribution is -2.42. The summed E-state index contributed by atoms with van der Waals surface area (Å²) in [6.45, 7) is 8.54. The van der Waals surface area contributed by atoms with Crippen LogP contribution in [0.2, 0.25) is 0 Å².